The Morgan fingerprint density at radius 1 is 1.58 bits per heavy atom. The number of halogens is 1. The first-order valence-electron chi connectivity index (χ1n) is 4.30. The largest absolute Gasteiger partial charge is 0.306 e. The maximum absolute atomic E-state index is 11.0. The van der Waals surface area contributed by atoms with Crippen LogP contribution in [0.15, 0.2) is 0 Å². The molecule has 1 aliphatic rings. The Kier molecular flexibility index (Phi) is 4.28. The summed E-state index contributed by atoms with van der Waals surface area (Å²) < 4.78 is 2.64. The van der Waals surface area contributed by atoms with E-state index < -0.39 is 0 Å². The van der Waals surface area contributed by atoms with E-state index in [0.29, 0.717) is 12.3 Å². The molecule has 0 aromatic rings. The van der Waals surface area contributed by atoms with Gasteiger partial charge in [0.2, 0.25) is 5.91 Å². The first kappa shape index (κ1) is 10.2. The van der Waals surface area contributed by atoms with Gasteiger partial charge in [0.15, 0.2) is 0 Å². The molecule has 1 fully saturated rings. The van der Waals surface area contributed by atoms with Gasteiger partial charge in [-0.15, -0.1) is 0 Å². The lowest BCUT2D eigenvalue weighted by molar-refractivity contribution is -0.120. The van der Waals surface area contributed by atoms with Crippen LogP contribution in [0, 0.1) is 5.92 Å². The molecular weight excluding hydrogens is 267 g/mol. The number of hydrogen-bond donors (Lipinski definition) is 1. The topological polar surface area (TPSA) is 32.3 Å². The molecule has 3 nitrogen and oxygen atoms in total. The van der Waals surface area contributed by atoms with E-state index in [1.165, 1.54) is 12.8 Å². The van der Waals surface area contributed by atoms with Gasteiger partial charge in [0.1, 0.15) is 0 Å². The van der Waals surface area contributed by atoms with Gasteiger partial charge in [-0.05, 0) is 38.9 Å². The Bertz CT molecular complexity index is 155. The van der Waals surface area contributed by atoms with Crippen molar-refractivity contribution < 1.29 is 4.79 Å². The Labute approximate surface area is 87.4 Å². The lowest BCUT2D eigenvalue weighted by Crippen LogP contribution is -2.32. The smallest absolute Gasteiger partial charge is 0.228 e. The molecule has 0 bridgehead atoms. The summed E-state index contributed by atoms with van der Waals surface area (Å²) in [5.74, 6) is 0.779. The Balaban J connectivity index is 2.21. The van der Waals surface area contributed by atoms with Crippen LogP contribution in [0.2, 0.25) is 0 Å². The zero-order valence-corrected chi connectivity index (χ0v) is 9.50. The van der Waals surface area contributed by atoms with Crippen molar-refractivity contribution in [1.29, 1.82) is 0 Å². The molecule has 1 aliphatic heterocycles. The Morgan fingerprint density at radius 2 is 2.17 bits per heavy atom. The first-order valence-corrected chi connectivity index (χ1v) is 5.38. The highest BCUT2D eigenvalue weighted by Crippen LogP contribution is 2.19. The predicted molar refractivity (Wildman–Crippen MR) is 57.0 cm³/mol. The molecule has 4 heteroatoms. The number of nitrogens with one attached hydrogen (secondary N) is 1. The highest BCUT2D eigenvalue weighted by Gasteiger charge is 2.18. The van der Waals surface area contributed by atoms with Gasteiger partial charge in [-0.2, -0.15) is 0 Å². The van der Waals surface area contributed by atoms with Crippen LogP contribution in [0.4, 0.5) is 0 Å². The van der Waals surface area contributed by atoms with Crippen LogP contribution in [0.25, 0.3) is 0 Å². The summed E-state index contributed by atoms with van der Waals surface area (Å²) in [6.07, 6.45) is 3.04. The van der Waals surface area contributed by atoms with E-state index in [1.807, 2.05) is 22.9 Å². The second kappa shape index (κ2) is 5.01. The van der Waals surface area contributed by atoms with Gasteiger partial charge >= 0.3 is 0 Å². The van der Waals surface area contributed by atoms with E-state index in [4.69, 9.17) is 0 Å². The van der Waals surface area contributed by atoms with Gasteiger partial charge in [-0.3, -0.25) is 8.32 Å². The number of carbonyl (C=O) groups is 1. The zero-order valence-electron chi connectivity index (χ0n) is 7.35. The third-order valence-electron chi connectivity index (χ3n) is 2.42. The molecule has 12 heavy (non-hydrogen) atoms. The minimum atomic E-state index is 0.171. The molecule has 0 aromatic heterocycles. The van der Waals surface area contributed by atoms with Crippen LogP contribution >= 0.6 is 22.9 Å². The maximum atomic E-state index is 11.0. The number of piperidine rings is 1. The van der Waals surface area contributed by atoms with Gasteiger partial charge in [0, 0.05) is 6.42 Å². The highest BCUT2D eigenvalue weighted by molar-refractivity contribution is 14.1. The number of hydrogen-bond acceptors (Lipinski definition) is 2. The molecule has 1 heterocycles. The van der Waals surface area contributed by atoms with E-state index in [2.05, 4.69) is 15.5 Å². The molecule has 0 radical (unpaired) electrons. The van der Waals surface area contributed by atoms with E-state index in [1.54, 1.807) is 0 Å². The van der Waals surface area contributed by atoms with Crippen molar-refractivity contribution in [2.45, 2.75) is 19.3 Å². The lowest BCUT2D eigenvalue weighted by atomic mass is 9.94. The quantitative estimate of drug-likeness (QED) is 0.609. The minimum Gasteiger partial charge on any atom is -0.306 e. The fourth-order valence-electron chi connectivity index (χ4n) is 1.57. The van der Waals surface area contributed by atoms with Gasteiger partial charge < -0.3 is 4.90 Å². The second-order valence-corrected chi connectivity index (χ2v) is 4.01. The van der Waals surface area contributed by atoms with Gasteiger partial charge in [0.25, 0.3) is 0 Å². The van der Waals surface area contributed by atoms with Crippen molar-refractivity contribution >= 4 is 28.8 Å². The summed E-state index contributed by atoms with van der Waals surface area (Å²) in [5, 5.41) is 0. The molecule has 0 unspecified atom stereocenters. The Hall–Kier alpha value is 0.160. The number of amides is 1. The summed E-state index contributed by atoms with van der Waals surface area (Å²) in [4.78, 5) is 13.3. The summed E-state index contributed by atoms with van der Waals surface area (Å²) in [6, 6.07) is 0. The van der Waals surface area contributed by atoms with E-state index >= 15 is 0 Å². The molecule has 0 spiro atoms. The van der Waals surface area contributed by atoms with Crippen molar-refractivity contribution in [3.63, 3.8) is 0 Å². The standard InChI is InChI=1S/C8H15IN2O/c1-11-4-2-7(3-5-11)6-8(12)10-9/h7H,2-6H2,1H3,(H,10,12). The van der Waals surface area contributed by atoms with Crippen LogP contribution in [0.5, 0.6) is 0 Å². The predicted octanol–water partition coefficient (Wildman–Crippen LogP) is 1.18. The van der Waals surface area contributed by atoms with Crippen LogP contribution in [0.3, 0.4) is 0 Å². The summed E-state index contributed by atoms with van der Waals surface area (Å²) in [5.41, 5.74) is 0. The highest BCUT2D eigenvalue weighted by atomic mass is 127. The first-order chi connectivity index (χ1) is 5.72. The van der Waals surface area contributed by atoms with Gasteiger partial charge in [0.05, 0.1) is 22.9 Å². The average Bonchev–Trinajstić information content (AvgIpc) is 2.09. The molecule has 0 aromatic carbocycles. The molecule has 0 aliphatic carbocycles. The van der Waals surface area contributed by atoms with E-state index in [9.17, 15) is 4.79 Å². The van der Waals surface area contributed by atoms with Crippen LogP contribution in [-0.4, -0.2) is 30.9 Å². The summed E-state index contributed by atoms with van der Waals surface area (Å²) in [7, 11) is 2.13. The Morgan fingerprint density at radius 3 is 2.67 bits per heavy atom. The van der Waals surface area contributed by atoms with Crippen LogP contribution in [0.1, 0.15) is 19.3 Å². The minimum absolute atomic E-state index is 0.171. The third kappa shape index (κ3) is 3.26. The lowest BCUT2D eigenvalue weighted by Gasteiger charge is -2.28. The molecule has 1 rings (SSSR count). The number of rotatable bonds is 2. The van der Waals surface area contributed by atoms with E-state index in [0.717, 1.165) is 13.1 Å². The summed E-state index contributed by atoms with van der Waals surface area (Å²) in [6.45, 7) is 2.28. The molecular formula is C8H15IN2O. The monoisotopic (exact) mass is 282 g/mol. The number of nitrogens with zero attached hydrogens (tertiary/aromatic N) is 1. The van der Waals surface area contributed by atoms with Crippen LogP contribution < -0.4 is 3.53 Å². The zero-order chi connectivity index (χ0) is 8.97. The number of likely N-dealkylation sites (tertiary alicyclic amines) is 1. The van der Waals surface area contributed by atoms with E-state index in [-0.39, 0.29) is 5.91 Å². The fraction of sp³-hybridized carbons (Fsp3) is 0.875. The normalized spacial score (nSPS) is 20.8. The SMILES string of the molecule is CN1CCC(CC(=O)NI)CC1. The van der Waals surface area contributed by atoms with Gasteiger partial charge in [-0.25, -0.2) is 0 Å². The van der Waals surface area contributed by atoms with Crippen molar-refractivity contribution in [3.05, 3.63) is 0 Å². The third-order valence-corrected chi connectivity index (χ3v) is 3.02. The maximum Gasteiger partial charge on any atom is 0.228 e. The van der Waals surface area contributed by atoms with Crippen molar-refractivity contribution in [2.75, 3.05) is 20.1 Å². The van der Waals surface area contributed by atoms with Crippen LogP contribution in [-0.2, 0) is 4.79 Å². The van der Waals surface area contributed by atoms with Crippen molar-refractivity contribution in [2.24, 2.45) is 5.92 Å². The summed E-state index contributed by atoms with van der Waals surface area (Å²) >= 11 is 1.90. The molecule has 1 amide bonds. The molecule has 0 saturated carbocycles. The molecule has 70 valence electrons. The fourth-order valence-corrected chi connectivity index (χ4v) is 1.79. The molecule has 1 N–H and O–H groups in total. The second-order valence-electron chi connectivity index (χ2n) is 3.47. The number of carbonyl (C=O) groups excluding carboxylic acids is 1. The van der Waals surface area contributed by atoms with Gasteiger partial charge in [-0.1, -0.05) is 0 Å². The van der Waals surface area contributed by atoms with Crippen molar-refractivity contribution in [3.8, 4) is 0 Å². The van der Waals surface area contributed by atoms with Crippen molar-refractivity contribution in [1.82, 2.24) is 8.43 Å². The molecule has 1 saturated heterocycles. The average molecular weight is 282 g/mol. The molecule has 0 atom stereocenters.